The molecule has 2 rings (SSSR count). The number of aryl methyl sites for hydroxylation is 1. The van der Waals surface area contributed by atoms with Crippen LogP contribution in [0.25, 0.3) is 0 Å². The largest absolute Gasteiger partial charge is 0.314 e. The molecule has 1 aliphatic rings. The monoisotopic (exact) mass is 233 g/mol. The lowest BCUT2D eigenvalue weighted by Gasteiger charge is -2.33. The van der Waals surface area contributed by atoms with Crippen LogP contribution < -0.4 is 5.32 Å². The molecule has 17 heavy (non-hydrogen) atoms. The summed E-state index contributed by atoms with van der Waals surface area (Å²) in [6, 6.07) is 2.73. The van der Waals surface area contributed by atoms with E-state index in [1.165, 1.54) is 0 Å². The second-order valence-corrected chi connectivity index (χ2v) is 4.63. The average Bonchev–Trinajstić information content (AvgIpc) is 2.63. The molecule has 1 unspecified atom stereocenters. The topological polar surface area (TPSA) is 56.9 Å². The normalized spacial score (nSPS) is 21.4. The Kier molecular flexibility index (Phi) is 3.77. The van der Waals surface area contributed by atoms with Crippen LogP contribution in [0.4, 0.5) is 0 Å². The number of piperazine rings is 1. The van der Waals surface area contributed by atoms with E-state index in [2.05, 4.69) is 28.3 Å². The maximum atomic E-state index is 8.80. The predicted octanol–water partition coefficient (Wildman–Crippen LogP) is 0.280. The van der Waals surface area contributed by atoms with Gasteiger partial charge in [0.1, 0.15) is 0 Å². The van der Waals surface area contributed by atoms with E-state index in [0.717, 1.165) is 37.4 Å². The lowest BCUT2D eigenvalue weighted by Crippen LogP contribution is -2.49. The molecule has 0 aliphatic carbocycles. The van der Waals surface area contributed by atoms with Crippen molar-refractivity contribution in [2.45, 2.75) is 25.9 Å². The Labute approximate surface area is 102 Å². The van der Waals surface area contributed by atoms with Gasteiger partial charge in [0.15, 0.2) is 0 Å². The first kappa shape index (κ1) is 12.1. The van der Waals surface area contributed by atoms with Gasteiger partial charge < -0.3 is 5.32 Å². The summed E-state index contributed by atoms with van der Waals surface area (Å²) in [5.41, 5.74) is 2.10. The smallest absolute Gasteiger partial charge is 0.0807 e. The molecule has 1 atom stereocenters. The van der Waals surface area contributed by atoms with E-state index in [1.54, 1.807) is 4.68 Å². The lowest BCUT2D eigenvalue weighted by molar-refractivity contribution is 0.163. The van der Waals surface area contributed by atoms with Crippen molar-refractivity contribution in [1.29, 1.82) is 5.26 Å². The predicted molar refractivity (Wildman–Crippen MR) is 65.3 cm³/mol. The van der Waals surface area contributed by atoms with Crippen LogP contribution in [0.5, 0.6) is 0 Å². The SMILES string of the molecule is CC1CNCCN1Cc1nn(C)cc1CC#N. The standard InChI is InChI=1S/C12H19N5/c1-10-7-14-5-6-17(10)9-12-11(3-4-13)8-16(2)15-12/h8,10,14H,3,5-7,9H2,1-2H3. The first-order valence-corrected chi connectivity index (χ1v) is 6.04. The van der Waals surface area contributed by atoms with E-state index in [0.29, 0.717) is 12.5 Å². The summed E-state index contributed by atoms with van der Waals surface area (Å²) in [7, 11) is 1.91. The molecular weight excluding hydrogens is 214 g/mol. The quantitative estimate of drug-likeness (QED) is 0.814. The zero-order valence-electron chi connectivity index (χ0n) is 10.5. The van der Waals surface area contributed by atoms with E-state index < -0.39 is 0 Å². The number of hydrogen-bond donors (Lipinski definition) is 1. The Hall–Kier alpha value is -1.38. The highest BCUT2D eigenvalue weighted by Crippen LogP contribution is 2.13. The summed E-state index contributed by atoms with van der Waals surface area (Å²) >= 11 is 0. The first-order chi connectivity index (χ1) is 8.20. The molecule has 5 heteroatoms. The van der Waals surface area contributed by atoms with Crippen molar-refractivity contribution >= 4 is 0 Å². The zero-order valence-corrected chi connectivity index (χ0v) is 10.5. The van der Waals surface area contributed by atoms with Crippen molar-refractivity contribution in [2.75, 3.05) is 19.6 Å². The Morgan fingerprint density at radius 2 is 2.47 bits per heavy atom. The summed E-state index contributed by atoms with van der Waals surface area (Å²) in [4.78, 5) is 2.42. The Bertz CT molecular complexity index is 417. The molecule has 0 saturated carbocycles. The highest BCUT2D eigenvalue weighted by molar-refractivity contribution is 5.20. The van der Waals surface area contributed by atoms with Crippen molar-refractivity contribution in [3.8, 4) is 6.07 Å². The van der Waals surface area contributed by atoms with E-state index in [9.17, 15) is 0 Å². The van der Waals surface area contributed by atoms with Crippen LogP contribution in [0.3, 0.4) is 0 Å². The van der Waals surface area contributed by atoms with Gasteiger partial charge in [-0.05, 0) is 6.92 Å². The number of nitrogens with one attached hydrogen (secondary N) is 1. The van der Waals surface area contributed by atoms with Crippen molar-refractivity contribution in [1.82, 2.24) is 20.0 Å². The van der Waals surface area contributed by atoms with E-state index in [-0.39, 0.29) is 0 Å². The third-order valence-electron chi connectivity index (χ3n) is 3.25. The number of nitriles is 1. The molecule has 1 N–H and O–H groups in total. The van der Waals surface area contributed by atoms with Crippen molar-refractivity contribution in [2.24, 2.45) is 7.05 Å². The van der Waals surface area contributed by atoms with Gasteiger partial charge >= 0.3 is 0 Å². The molecule has 0 radical (unpaired) electrons. The molecule has 0 aromatic carbocycles. The maximum absolute atomic E-state index is 8.80. The fourth-order valence-electron chi connectivity index (χ4n) is 2.26. The molecular formula is C12H19N5. The highest BCUT2D eigenvalue weighted by Gasteiger charge is 2.20. The minimum atomic E-state index is 0.448. The van der Waals surface area contributed by atoms with E-state index in [1.807, 2.05) is 13.2 Å². The molecule has 1 aliphatic heterocycles. The molecule has 1 saturated heterocycles. The van der Waals surface area contributed by atoms with Crippen molar-refractivity contribution in [3.63, 3.8) is 0 Å². The van der Waals surface area contributed by atoms with Gasteiger partial charge in [0.2, 0.25) is 0 Å². The molecule has 92 valence electrons. The van der Waals surface area contributed by atoms with Crippen molar-refractivity contribution in [3.05, 3.63) is 17.5 Å². The highest BCUT2D eigenvalue weighted by atomic mass is 15.3. The first-order valence-electron chi connectivity index (χ1n) is 6.04. The van der Waals surface area contributed by atoms with Gasteiger partial charge in [-0.15, -0.1) is 0 Å². The minimum Gasteiger partial charge on any atom is -0.314 e. The second kappa shape index (κ2) is 5.30. The molecule has 1 fully saturated rings. The van der Waals surface area contributed by atoms with Gasteiger partial charge in [0.05, 0.1) is 18.2 Å². The summed E-state index contributed by atoms with van der Waals surface area (Å²) in [6.07, 6.45) is 2.40. The fraction of sp³-hybridized carbons (Fsp3) is 0.667. The molecule has 0 bridgehead atoms. The summed E-state index contributed by atoms with van der Waals surface area (Å²) < 4.78 is 1.80. The van der Waals surface area contributed by atoms with Gasteiger partial charge in [0.25, 0.3) is 0 Å². The lowest BCUT2D eigenvalue weighted by atomic mass is 10.1. The molecule has 0 spiro atoms. The van der Waals surface area contributed by atoms with Crippen LogP contribution >= 0.6 is 0 Å². The van der Waals surface area contributed by atoms with Gasteiger partial charge in [-0.3, -0.25) is 9.58 Å². The second-order valence-electron chi connectivity index (χ2n) is 4.63. The van der Waals surface area contributed by atoms with E-state index >= 15 is 0 Å². The molecule has 1 aromatic rings. The molecule has 0 amide bonds. The fourth-order valence-corrected chi connectivity index (χ4v) is 2.26. The van der Waals surface area contributed by atoms with Gasteiger partial charge in [-0.1, -0.05) is 0 Å². The van der Waals surface area contributed by atoms with Gasteiger partial charge in [-0.25, -0.2) is 0 Å². The van der Waals surface area contributed by atoms with Crippen LogP contribution in [0.15, 0.2) is 6.20 Å². The Balaban J connectivity index is 2.09. The average molecular weight is 233 g/mol. The Morgan fingerprint density at radius 1 is 1.65 bits per heavy atom. The number of hydrogen-bond acceptors (Lipinski definition) is 4. The van der Waals surface area contributed by atoms with Crippen LogP contribution in [0.2, 0.25) is 0 Å². The number of nitrogens with zero attached hydrogens (tertiary/aromatic N) is 4. The number of rotatable bonds is 3. The minimum absolute atomic E-state index is 0.448. The van der Waals surface area contributed by atoms with Gasteiger partial charge in [0, 0.05) is 51.0 Å². The van der Waals surface area contributed by atoms with Gasteiger partial charge in [-0.2, -0.15) is 10.4 Å². The summed E-state index contributed by atoms with van der Waals surface area (Å²) in [5, 5.41) is 16.6. The molecule has 1 aromatic heterocycles. The van der Waals surface area contributed by atoms with E-state index in [4.69, 9.17) is 5.26 Å². The third kappa shape index (κ3) is 2.84. The summed E-state index contributed by atoms with van der Waals surface area (Å²) in [6.45, 7) is 6.18. The van der Waals surface area contributed by atoms with Crippen LogP contribution in [0, 0.1) is 11.3 Å². The van der Waals surface area contributed by atoms with Crippen LogP contribution in [0.1, 0.15) is 18.2 Å². The van der Waals surface area contributed by atoms with Crippen LogP contribution in [-0.4, -0.2) is 40.4 Å². The third-order valence-corrected chi connectivity index (χ3v) is 3.25. The number of aromatic nitrogens is 2. The Morgan fingerprint density at radius 3 is 3.18 bits per heavy atom. The van der Waals surface area contributed by atoms with Crippen LogP contribution in [-0.2, 0) is 20.0 Å². The molecule has 2 heterocycles. The zero-order chi connectivity index (χ0) is 12.3. The van der Waals surface area contributed by atoms with Crippen molar-refractivity contribution < 1.29 is 0 Å². The molecule has 5 nitrogen and oxygen atoms in total. The maximum Gasteiger partial charge on any atom is 0.0807 e. The summed E-state index contributed by atoms with van der Waals surface area (Å²) in [5.74, 6) is 0.